The number of carbonyl (C=O) groups excluding carboxylic acids is 2. The summed E-state index contributed by atoms with van der Waals surface area (Å²) in [5.41, 5.74) is 3.97. The van der Waals surface area contributed by atoms with Crippen LogP contribution in [0.15, 0.2) is 18.2 Å². The number of methoxy groups -OCH3 is 1. The number of nitrogens with one attached hydrogen (secondary N) is 1. The van der Waals surface area contributed by atoms with Crippen LogP contribution in [-0.2, 0) is 28.9 Å². The van der Waals surface area contributed by atoms with Crippen molar-refractivity contribution in [2.75, 3.05) is 33.5 Å². The molecule has 2 aliphatic rings. The van der Waals surface area contributed by atoms with Crippen LogP contribution in [-0.4, -0.2) is 55.1 Å². The molecule has 34 heavy (non-hydrogen) atoms. The Hall–Kier alpha value is -2.87. The fourth-order valence-corrected chi connectivity index (χ4v) is 4.93. The Bertz CT molecular complexity index is 1050. The van der Waals surface area contributed by atoms with E-state index >= 15 is 0 Å². The highest BCUT2D eigenvalue weighted by atomic mass is 16.5. The topological polar surface area (TPSA) is 91.7 Å². The molecule has 1 N–H and O–H groups in total. The molecule has 0 aliphatic carbocycles. The lowest BCUT2D eigenvalue weighted by molar-refractivity contribution is 0.0151. The fourth-order valence-electron chi connectivity index (χ4n) is 4.93. The van der Waals surface area contributed by atoms with Crippen LogP contribution in [0.3, 0.4) is 0 Å². The van der Waals surface area contributed by atoms with Crippen LogP contribution in [0.1, 0.15) is 64.4 Å². The number of hydrogen-bond acceptors (Lipinski definition) is 6. The first-order valence-corrected chi connectivity index (χ1v) is 12.1. The summed E-state index contributed by atoms with van der Waals surface area (Å²) in [5.74, 6) is 0.0891. The largest absolute Gasteiger partial charge is 0.496 e. The number of benzene rings is 1. The summed E-state index contributed by atoms with van der Waals surface area (Å²) in [4.78, 5) is 25.7. The van der Waals surface area contributed by atoms with Crippen LogP contribution in [0.5, 0.6) is 5.75 Å². The molecule has 3 heterocycles. The summed E-state index contributed by atoms with van der Waals surface area (Å²) in [7, 11) is 1.55. The summed E-state index contributed by atoms with van der Waals surface area (Å²) in [6, 6.07) is 5.42. The Kier molecular flexibility index (Phi) is 7.26. The van der Waals surface area contributed by atoms with Gasteiger partial charge >= 0.3 is 5.97 Å². The zero-order chi connectivity index (χ0) is 24.3. The lowest BCUT2D eigenvalue weighted by atomic mass is 9.76. The minimum atomic E-state index is -0.405. The second kappa shape index (κ2) is 10.2. The van der Waals surface area contributed by atoms with Gasteiger partial charge in [-0.3, -0.25) is 9.48 Å². The molecule has 184 valence electrons. The van der Waals surface area contributed by atoms with Gasteiger partial charge in [-0.1, -0.05) is 19.9 Å². The summed E-state index contributed by atoms with van der Waals surface area (Å²) in [6.45, 7) is 8.91. The number of fused-ring (bicyclic) bond motifs is 1. The number of carbonyl (C=O) groups is 2. The molecule has 1 aromatic carbocycles. The smallest absolute Gasteiger partial charge is 0.341 e. The van der Waals surface area contributed by atoms with E-state index in [-0.39, 0.29) is 23.8 Å². The molecule has 0 radical (unpaired) electrons. The lowest BCUT2D eigenvalue weighted by Crippen LogP contribution is -2.41. The van der Waals surface area contributed by atoms with E-state index in [1.54, 1.807) is 13.2 Å². The Labute approximate surface area is 201 Å². The Balaban J connectivity index is 1.50. The van der Waals surface area contributed by atoms with Gasteiger partial charge in [-0.25, -0.2) is 4.79 Å². The molecule has 1 aromatic heterocycles. The monoisotopic (exact) mass is 469 g/mol. The van der Waals surface area contributed by atoms with Crippen molar-refractivity contribution >= 4 is 11.9 Å². The molecule has 8 nitrogen and oxygen atoms in total. The van der Waals surface area contributed by atoms with Crippen LogP contribution in [0.2, 0.25) is 0 Å². The van der Waals surface area contributed by atoms with Crippen molar-refractivity contribution in [3.8, 4) is 5.75 Å². The number of rotatable bonds is 7. The zero-order valence-corrected chi connectivity index (χ0v) is 20.6. The molecule has 1 unspecified atom stereocenters. The molecule has 0 bridgehead atoms. The minimum absolute atomic E-state index is 0.000345. The molecule has 1 atom stereocenters. The third-order valence-electron chi connectivity index (χ3n) is 6.97. The van der Waals surface area contributed by atoms with Crippen LogP contribution in [0.25, 0.3) is 0 Å². The molecule has 1 spiro atoms. The summed E-state index contributed by atoms with van der Waals surface area (Å²) in [5, 5.41) is 7.95. The van der Waals surface area contributed by atoms with Gasteiger partial charge < -0.3 is 19.5 Å². The Morgan fingerprint density at radius 2 is 2.09 bits per heavy atom. The molecule has 1 fully saturated rings. The van der Waals surface area contributed by atoms with Crippen molar-refractivity contribution in [1.29, 1.82) is 0 Å². The van der Waals surface area contributed by atoms with Gasteiger partial charge in [-0.15, -0.1) is 0 Å². The number of amides is 1. The van der Waals surface area contributed by atoms with Crippen LogP contribution in [0.4, 0.5) is 0 Å². The molecule has 1 saturated heterocycles. The van der Waals surface area contributed by atoms with Crippen molar-refractivity contribution < 1.29 is 23.8 Å². The van der Waals surface area contributed by atoms with E-state index in [1.165, 1.54) is 0 Å². The summed E-state index contributed by atoms with van der Waals surface area (Å²) in [6.07, 6.45) is 3.33. The zero-order valence-electron chi connectivity index (χ0n) is 20.6. The molecular weight excluding hydrogens is 434 g/mol. The number of hydrogen-bond donors (Lipinski definition) is 1. The number of ether oxygens (including phenoxy) is 3. The van der Waals surface area contributed by atoms with Crippen molar-refractivity contribution in [3.05, 3.63) is 46.3 Å². The number of esters is 1. The lowest BCUT2D eigenvalue weighted by Gasteiger charge is -2.36. The van der Waals surface area contributed by atoms with Gasteiger partial charge in [0.2, 0.25) is 0 Å². The van der Waals surface area contributed by atoms with E-state index in [1.807, 2.05) is 37.6 Å². The maximum absolute atomic E-state index is 13.0. The average molecular weight is 470 g/mol. The minimum Gasteiger partial charge on any atom is -0.496 e. The molecule has 2 aromatic rings. The molecule has 2 aliphatic heterocycles. The second-order valence-electron chi connectivity index (χ2n) is 9.68. The van der Waals surface area contributed by atoms with Gasteiger partial charge in [-0.2, -0.15) is 5.10 Å². The molecule has 8 heteroatoms. The van der Waals surface area contributed by atoms with Gasteiger partial charge in [0.15, 0.2) is 0 Å². The predicted molar refractivity (Wildman–Crippen MR) is 127 cm³/mol. The van der Waals surface area contributed by atoms with Gasteiger partial charge in [-0.05, 0) is 55.7 Å². The summed E-state index contributed by atoms with van der Waals surface area (Å²) < 4.78 is 18.5. The van der Waals surface area contributed by atoms with Crippen molar-refractivity contribution in [2.45, 2.75) is 53.0 Å². The average Bonchev–Trinajstić information content (AvgIpc) is 3.10. The van der Waals surface area contributed by atoms with E-state index in [9.17, 15) is 9.59 Å². The first kappa shape index (κ1) is 24.3. The number of aromatic nitrogens is 2. The highest BCUT2D eigenvalue weighted by molar-refractivity contribution is 5.97. The number of aryl methyl sites for hydroxylation is 2. The van der Waals surface area contributed by atoms with Crippen LogP contribution in [0, 0.1) is 18.3 Å². The van der Waals surface area contributed by atoms with Gasteiger partial charge in [0.1, 0.15) is 11.3 Å². The van der Waals surface area contributed by atoms with E-state index in [0.717, 1.165) is 55.0 Å². The van der Waals surface area contributed by atoms with Crippen LogP contribution < -0.4 is 10.1 Å². The first-order valence-electron chi connectivity index (χ1n) is 12.1. The maximum atomic E-state index is 13.0. The maximum Gasteiger partial charge on any atom is 0.341 e. The van der Waals surface area contributed by atoms with E-state index in [2.05, 4.69) is 5.32 Å². The predicted octanol–water partition coefficient (Wildman–Crippen LogP) is 3.34. The van der Waals surface area contributed by atoms with Crippen molar-refractivity contribution in [3.63, 3.8) is 0 Å². The van der Waals surface area contributed by atoms with E-state index in [4.69, 9.17) is 19.3 Å². The van der Waals surface area contributed by atoms with E-state index in [0.29, 0.717) is 30.8 Å². The molecule has 1 amide bonds. The Morgan fingerprint density at radius 3 is 2.79 bits per heavy atom. The number of nitrogens with zero attached hydrogens (tertiary/aromatic N) is 2. The molecule has 0 saturated carbocycles. The van der Waals surface area contributed by atoms with Gasteiger partial charge in [0, 0.05) is 32.2 Å². The van der Waals surface area contributed by atoms with E-state index < -0.39 is 5.97 Å². The van der Waals surface area contributed by atoms with Crippen molar-refractivity contribution in [2.24, 2.45) is 11.3 Å². The normalized spacial score (nSPS) is 18.1. The standard InChI is InChI=1S/C26H35N3O5/c1-5-20-23-21(13-26(16-27-24(23)30)8-10-33-11-9-26)29(28-20)14-18(3)15-34-25(31)19-7-6-17(2)12-22(19)32-4/h6-7,12,18H,5,8-11,13-16H2,1-4H3,(H,27,30). The van der Waals surface area contributed by atoms with Gasteiger partial charge in [0.05, 0.1) is 30.7 Å². The molecular formula is C26H35N3O5. The Morgan fingerprint density at radius 1 is 1.32 bits per heavy atom. The van der Waals surface area contributed by atoms with Crippen LogP contribution >= 0.6 is 0 Å². The molecule has 4 rings (SSSR count). The third-order valence-corrected chi connectivity index (χ3v) is 6.97. The highest BCUT2D eigenvalue weighted by Crippen LogP contribution is 2.37. The fraction of sp³-hybridized carbons (Fsp3) is 0.577. The summed E-state index contributed by atoms with van der Waals surface area (Å²) >= 11 is 0. The quantitative estimate of drug-likeness (QED) is 0.626. The second-order valence-corrected chi connectivity index (χ2v) is 9.68. The van der Waals surface area contributed by atoms with Gasteiger partial charge in [0.25, 0.3) is 5.91 Å². The SMILES string of the molecule is CCc1nn(CC(C)COC(=O)c2ccc(C)cc2OC)c2c1C(=O)NCC1(CCOCC1)C2. The highest BCUT2D eigenvalue weighted by Gasteiger charge is 2.39. The first-order chi connectivity index (χ1) is 16.4. The third kappa shape index (κ3) is 4.97. The van der Waals surface area contributed by atoms with Crippen molar-refractivity contribution in [1.82, 2.24) is 15.1 Å².